The van der Waals surface area contributed by atoms with Gasteiger partial charge in [-0.05, 0) is 58.6 Å². The third kappa shape index (κ3) is 3.80. The molecule has 1 aromatic carbocycles. The van der Waals surface area contributed by atoms with Gasteiger partial charge in [-0.2, -0.15) is 0 Å². The summed E-state index contributed by atoms with van der Waals surface area (Å²) in [5, 5.41) is 0.752. The highest BCUT2D eigenvalue weighted by molar-refractivity contribution is 9.11. The van der Waals surface area contributed by atoms with Crippen molar-refractivity contribution < 1.29 is 0 Å². The Kier molecular flexibility index (Phi) is 5.45. The number of halogens is 3. The summed E-state index contributed by atoms with van der Waals surface area (Å²) >= 11 is 14.9. The van der Waals surface area contributed by atoms with E-state index in [0.717, 1.165) is 25.3 Å². The van der Waals surface area contributed by atoms with Crippen molar-refractivity contribution in [3.63, 3.8) is 0 Å². The first-order valence-corrected chi connectivity index (χ1v) is 8.45. The molecule has 102 valence electrons. The van der Waals surface area contributed by atoms with Crippen molar-refractivity contribution in [2.24, 2.45) is 5.84 Å². The van der Waals surface area contributed by atoms with E-state index in [0.29, 0.717) is 0 Å². The van der Waals surface area contributed by atoms with Crippen LogP contribution in [-0.4, -0.2) is 0 Å². The van der Waals surface area contributed by atoms with Gasteiger partial charge < -0.3 is 0 Å². The Bertz CT molecular complexity index is 567. The number of thiophene rings is 1. The molecule has 1 unspecified atom stereocenters. The number of hydrogen-bond donors (Lipinski definition) is 2. The summed E-state index contributed by atoms with van der Waals surface area (Å²) in [5.41, 5.74) is 5.17. The Hall–Kier alpha value is 0.0900. The molecule has 0 bridgehead atoms. The van der Waals surface area contributed by atoms with Crippen molar-refractivity contribution >= 4 is 54.8 Å². The van der Waals surface area contributed by atoms with Crippen LogP contribution in [0.4, 0.5) is 0 Å². The smallest absolute Gasteiger partial charge is 0.0731 e. The lowest BCUT2D eigenvalue weighted by atomic mass is 10.0. The Morgan fingerprint density at radius 1 is 1.37 bits per heavy atom. The van der Waals surface area contributed by atoms with Gasteiger partial charge in [0.15, 0.2) is 0 Å². The zero-order valence-corrected chi connectivity index (χ0v) is 15.0. The van der Waals surface area contributed by atoms with Crippen molar-refractivity contribution in [1.29, 1.82) is 0 Å². The molecule has 0 aliphatic heterocycles. The first-order chi connectivity index (χ1) is 9.01. The van der Waals surface area contributed by atoms with Crippen LogP contribution >= 0.6 is 54.8 Å². The first kappa shape index (κ1) is 15.5. The van der Waals surface area contributed by atoms with E-state index in [9.17, 15) is 0 Å². The van der Waals surface area contributed by atoms with Crippen molar-refractivity contribution in [1.82, 2.24) is 5.43 Å². The molecule has 0 fully saturated rings. The summed E-state index contributed by atoms with van der Waals surface area (Å²) in [4.78, 5) is 1.20. The molecule has 0 amide bonds. The molecule has 2 rings (SSSR count). The van der Waals surface area contributed by atoms with Crippen LogP contribution < -0.4 is 11.3 Å². The van der Waals surface area contributed by atoms with E-state index >= 15 is 0 Å². The summed E-state index contributed by atoms with van der Waals surface area (Å²) in [6.45, 7) is 2.07. The lowest BCUT2D eigenvalue weighted by Gasteiger charge is -2.15. The Balaban J connectivity index is 2.23. The normalized spacial score (nSPS) is 12.7. The molecule has 0 radical (unpaired) electrons. The molecule has 0 spiro atoms. The van der Waals surface area contributed by atoms with Crippen LogP contribution in [-0.2, 0) is 6.42 Å². The molecule has 0 saturated heterocycles. The van der Waals surface area contributed by atoms with Crippen LogP contribution in [0.25, 0.3) is 0 Å². The third-order valence-electron chi connectivity index (χ3n) is 2.86. The molecule has 19 heavy (non-hydrogen) atoms. The van der Waals surface area contributed by atoms with Gasteiger partial charge >= 0.3 is 0 Å². The molecule has 3 N–H and O–H groups in total. The molecular weight excluding hydrogens is 411 g/mol. The van der Waals surface area contributed by atoms with E-state index in [1.165, 1.54) is 10.4 Å². The van der Waals surface area contributed by atoms with Gasteiger partial charge in [0.25, 0.3) is 0 Å². The zero-order valence-electron chi connectivity index (χ0n) is 10.2. The second-order valence-electron chi connectivity index (χ2n) is 4.26. The number of aryl methyl sites for hydroxylation is 1. The van der Waals surface area contributed by atoms with E-state index in [2.05, 4.69) is 50.3 Å². The molecule has 1 heterocycles. The van der Waals surface area contributed by atoms with Crippen molar-refractivity contribution in [2.45, 2.75) is 19.4 Å². The summed E-state index contributed by atoms with van der Waals surface area (Å²) in [7, 11) is 0. The van der Waals surface area contributed by atoms with Crippen LogP contribution in [0.1, 0.15) is 22.0 Å². The second-order valence-corrected chi connectivity index (χ2v) is 7.99. The maximum atomic E-state index is 6.25. The van der Waals surface area contributed by atoms with Gasteiger partial charge in [-0.3, -0.25) is 11.3 Å². The van der Waals surface area contributed by atoms with Crippen molar-refractivity contribution in [3.8, 4) is 0 Å². The predicted molar refractivity (Wildman–Crippen MR) is 89.7 cm³/mol. The van der Waals surface area contributed by atoms with E-state index in [1.807, 2.05) is 18.2 Å². The van der Waals surface area contributed by atoms with Gasteiger partial charge in [-0.25, -0.2) is 0 Å². The van der Waals surface area contributed by atoms with Crippen LogP contribution in [0.15, 0.2) is 32.5 Å². The Morgan fingerprint density at radius 2 is 2.11 bits per heavy atom. The molecular formula is C13H13Br2ClN2S. The van der Waals surface area contributed by atoms with Gasteiger partial charge in [-0.1, -0.05) is 33.6 Å². The Labute approximate surface area is 138 Å². The van der Waals surface area contributed by atoms with Crippen LogP contribution in [0.2, 0.25) is 5.02 Å². The van der Waals surface area contributed by atoms with Gasteiger partial charge in [0.05, 0.1) is 9.83 Å². The molecule has 1 atom stereocenters. The molecule has 0 aliphatic rings. The van der Waals surface area contributed by atoms with Crippen molar-refractivity contribution in [2.75, 3.05) is 0 Å². The standard InChI is InChI=1S/C13H13Br2ClN2S/c1-7-4-12(19-13(7)15)11(18-17)5-8-2-3-9(14)6-10(8)16/h2-4,6,11,18H,5,17H2,1H3. The fourth-order valence-corrected chi connectivity index (χ4v) is 4.19. The lowest BCUT2D eigenvalue weighted by Crippen LogP contribution is -2.29. The minimum absolute atomic E-state index is 0.0636. The summed E-state index contributed by atoms with van der Waals surface area (Å²) in [6, 6.07) is 8.12. The van der Waals surface area contributed by atoms with E-state index in [-0.39, 0.29) is 6.04 Å². The van der Waals surface area contributed by atoms with Crippen LogP contribution in [0.3, 0.4) is 0 Å². The lowest BCUT2D eigenvalue weighted by molar-refractivity contribution is 0.560. The number of nitrogens with one attached hydrogen (secondary N) is 1. The topological polar surface area (TPSA) is 38.0 Å². The average molecular weight is 425 g/mol. The number of benzene rings is 1. The summed E-state index contributed by atoms with van der Waals surface area (Å²) in [5.74, 6) is 5.68. The van der Waals surface area contributed by atoms with Gasteiger partial charge in [-0.15, -0.1) is 11.3 Å². The number of nitrogens with two attached hydrogens (primary N) is 1. The maximum Gasteiger partial charge on any atom is 0.0731 e. The highest BCUT2D eigenvalue weighted by Gasteiger charge is 2.16. The average Bonchev–Trinajstić information content (AvgIpc) is 2.68. The molecule has 2 nitrogen and oxygen atoms in total. The van der Waals surface area contributed by atoms with Gasteiger partial charge in [0, 0.05) is 14.4 Å². The van der Waals surface area contributed by atoms with Crippen LogP contribution in [0, 0.1) is 6.92 Å². The SMILES string of the molecule is Cc1cc(C(Cc2ccc(Br)cc2Cl)NN)sc1Br. The van der Waals surface area contributed by atoms with Gasteiger partial charge in [0.1, 0.15) is 0 Å². The minimum atomic E-state index is 0.0636. The number of hydrazine groups is 1. The Morgan fingerprint density at radius 3 is 2.63 bits per heavy atom. The zero-order chi connectivity index (χ0) is 14.0. The predicted octanol–water partition coefficient (Wildman–Crippen LogP) is 4.98. The van der Waals surface area contributed by atoms with Crippen molar-refractivity contribution in [3.05, 3.63) is 53.6 Å². The summed E-state index contributed by atoms with van der Waals surface area (Å²) in [6.07, 6.45) is 0.759. The largest absolute Gasteiger partial charge is 0.271 e. The van der Waals surface area contributed by atoms with E-state index in [4.69, 9.17) is 17.4 Å². The van der Waals surface area contributed by atoms with Gasteiger partial charge in [0.2, 0.25) is 0 Å². The molecule has 0 aliphatic carbocycles. The molecule has 1 aromatic heterocycles. The number of hydrogen-bond acceptors (Lipinski definition) is 3. The monoisotopic (exact) mass is 422 g/mol. The fourth-order valence-electron chi connectivity index (χ4n) is 1.80. The van der Waals surface area contributed by atoms with E-state index < -0.39 is 0 Å². The first-order valence-electron chi connectivity index (χ1n) is 5.67. The second kappa shape index (κ2) is 6.70. The summed E-state index contributed by atoms with van der Waals surface area (Å²) < 4.78 is 2.12. The molecule has 0 saturated carbocycles. The third-order valence-corrected chi connectivity index (χ3v) is 5.96. The van der Waals surface area contributed by atoms with E-state index in [1.54, 1.807) is 11.3 Å². The maximum absolute atomic E-state index is 6.25. The highest BCUT2D eigenvalue weighted by Crippen LogP contribution is 2.33. The fraction of sp³-hybridized carbons (Fsp3) is 0.231. The molecule has 2 aromatic rings. The molecule has 6 heteroatoms. The number of rotatable bonds is 4. The van der Waals surface area contributed by atoms with Crippen LogP contribution in [0.5, 0.6) is 0 Å². The quantitative estimate of drug-likeness (QED) is 0.536. The minimum Gasteiger partial charge on any atom is -0.271 e. The highest BCUT2D eigenvalue weighted by atomic mass is 79.9.